The van der Waals surface area contributed by atoms with Gasteiger partial charge in [0, 0.05) is 23.5 Å². The Morgan fingerprint density at radius 1 is 1.00 bits per heavy atom. The molecule has 108 valence electrons. The van der Waals surface area contributed by atoms with Crippen LogP contribution in [0.3, 0.4) is 0 Å². The highest BCUT2D eigenvalue weighted by Crippen LogP contribution is 2.28. The molecule has 1 N–H and O–H groups in total. The molecule has 0 saturated carbocycles. The molecule has 0 atom stereocenters. The minimum Gasteiger partial charge on any atom is -0.494 e. The van der Waals surface area contributed by atoms with Crippen molar-refractivity contribution in [1.82, 2.24) is 5.32 Å². The summed E-state index contributed by atoms with van der Waals surface area (Å²) in [5, 5.41) is 8.16. The van der Waals surface area contributed by atoms with Gasteiger partial charge in [0.2, 0.25) is 0 Å². The third-order valence-electron chi connectivity index (χ3n) is 3.48. The molecule has 0 aliphatic carbocycles. The van der Waals surface area contributed by atoms with Crippen molar-refractivity contribution in [2.75, 3.05) is 6.61 Å². The van der Waals surface area contributed by atoms with E-state index in [9.17, 15) is 0 Å². The summed E-state index contributed by atoms with van der Waals surface area (Å²) < 4.78 is 5.80. The quantitative estimate of drug-likeness (QED) is 0.718. The van der Waals surface area contributed by atoms with Crippen LogP contribution in [0.25, 0.3) is 10.8 Å². The zero-order chi connectivity index (χ0) is 14.5. The molecule has 0 unspecified atom stereocenters. The van der Waals surface area contributed by atoms with Crippen LogP contribution in [0.2, 0.25) is 0 Å². The van der Waals surface area contributed by atoms with E-state index >= 15 is 0 Å². The van der Waals surface area contributed by atoms with Gasteiger partial charge in [-0.3, -0.25) is 0 Å². The number of thiophene rings is 1. The van der Waals surface area contributed by atoms with Crippen molar-refractivity contribution in [3.05, 3.63) is 64.4 Å². The summed E-state index contributed by atoms with van der Waals surface area (Å²) in [4.78, 5) is 1.35. The van der Waals surface area contributed by atoms with Gasteiger partial charge in [0.05, 0.1) is 6.61 Å². The Balaban J connectivity index is 1.85. The van der Waals surface area contributed by atoms with E-state index in [2.05, 4.69) is 59.2 Å². The van der Waals surface area contributed by atoms with E-state index in [0.717, 1.165) is 18.8 Å². The number of benzene rings is 2. The number of ether oxygens (including phenoxy) is 1. The SMILES string of the molecule is CCOc1ccc2ccccc2c1CNCc1cccs1. The molecule has 3 heteroatoms. The molecule has 3 aromatic rings. The molecule has 0 bridgehead atoms. The predicted octanol–water partition coefficient (Wildman–Crippen LogP) is 4.59. The van der Waals surface area contributed by atoms with Gasteiger partial charge in [-0.05, 0) is 35.2 Å². The largest absolute Gasteiger partial charge is 0.494 e. The van der Waals surface area contributed by atoms with Gasteiger partial charge < -0.3 is 10.1 Å². The van der Waals surface area contributed by atoms with Gasteiger partial charge in [-0.2, -0.15) is 0 Å². The first kappa shape index (κ1) is 14.1. The molecular weight excluding hydrogens is 278 g/mol. The van der Waals surface area contributed by atoms with Crippen molar-refractivity contribution in [3.63, 3.8) is 0 Å². The van der Waals surface area contributed by atoms with E-state index in [1.807, 2.05) is 6.92 Å². The molecule has 3 rings (SSSR count). The van der Waals surface area contributed by atoms with Crippen LogP contribution in [0, 0.1) is 0 Å². The zero-order valence-corrected chi connectivity index (χ0v) is 13.0. The second-order valence-electron chi connectivity index (χ2n) is 4.88. The van der Waals surface area contributed by atoms with E-state index in [1.165, 1.54) is 21.2 Å². The number of rotatable bonds is 6. The molecule has 0 aliphatic rings. The summed E-state index contributed by atoms with van der Waals surface area (Å²) in [6.07, 6.45) is 0. The second kappa shape index (κ2) is 6.74. The average molecular weight is 297 g/mol. The summed E-state index contributed by atoms with van der Waals surface area (Å²) in [7, 11) is 0. The highest BCUT2D eigenvalue weighted by atomic mass is 32.1. The first-order chi connectivity index (χ1) is 10.4. The Labute approximate surface area is 129 Å². The van der Waals surface area contributed by atoms with Gasteiger partial charge in [0.25, 0.3) is 0 Å². The molecule has 0 saturated heterocycles. The Morgan fingerprint density at radius 3 is 2.71 bits per heavy atom. The molecule has 21 heavy (non-hydrogen) atoms. The molecule has 0 amide bonds. The zero-order valence-electron chi connectivity index (χ0n) is 12.1. The van der Waals surface area contributed by atoms with Crippen LogP contribution in [0.15, 0.2) is 53.9 Å². The molecule has 2 nitrogen and oxygen atoms in total. The highest BCUT2D eigenvalue weighted by Gasteiger charge is 2.08. The standard InChI is InChI=1S/C18H19NOS/c1-2-20-18-10-9-14-6-3-4-8-16(14)17(18)13-19-12-15-7-5-11-21-15/h3-11,19H,2,12-13H2,1H3. The summed E-state index contributed by atoms with van der Waals surface area (Å²) in [5.74, 6) is 0.981. The van der Waals surface area contributed by atoms with Crippen LogP contribution in [0.1, 0.15) is 17.4 Å². The van der Waals surface area contributed by atoms with Gasteiger partial charge in [0.15, 0.2) is 0 Å². The monoisotopic (exact) mass is 297 g/mol. The first-order valence-electron chi connectivity index (χ1n) is 7.25. The molecule has 1 heterocycles. The Bertz CT molecular complexity index is 706. The summed E-state index contributed by atoms with van der Waals surface area (Å²) >= 11 is 1.78. The van der Waals surface area contributed by atoms with E-state index in [0.29, 0.717) is 6.61 Å². The van der Waals surface area contributed by atoms with Crippen molar-refractivity contribution in [2.45, 2.75) is 20.0 Å². The molecule has 0 fully saturated rings. The van der Waals surface area contributed by atoms with Crippen molar-refractivity contribution in [2.24, 2.45) is 0 Å². The van der Waals surface area contributed by atoms with Crippen LogP contribution in [0.4, 0.5) is 0 Å². The maximum atomic E-state index is 5.80. The molecule has 0 spiro atoms. The maximum absolute atomic E-state index is 5.80. The number of nitrogens with one attached hydrogen (secondary N) is 1. The normalized spacial score (nSPS) is 10.9. The lowest BCUT2D eigenvalue weighted by Crippen LogP contribution is -2.13. The van der Waals surface area contributed by atoms with Gasteiger partial charge in [-0.25, -0.2) is 0 Å². The van der Waals surface area contributed by atoms with Gasteiger partial charge >= 0.3 is 0 Å². The molecule has 2 aromatic carbocycles. The van der Waals surface area contributed by atoms with Crippen molar-refractivity contribution >= 4 is 22.1 Å². The van der Waals surface area contributed by atoms with Crippen LogP contribution in [-0.4, -0.2) is 6.61 Å². The summed E-state index contributed by atoms with van der Waals surface area (Å²) in [6.45, 7) is 4.43. The van der Waals surface area contributed by atoms with E-state index < -0.39 is 0 Å². The summed E-state index contributed by atoms with van der Waals surface area (Å²) in [5.41, 5.74) is 1.24. The number of hydrogen-bond acceptors (Lipinski definition) is 3. The summed E-state index contributed by atoms with van der Waals surface area (Å²) in [6, 6.07) is 16.9. The van der Waals surface area contributed by atoms with Crippen molar-refractivity contribution in [1.29, 1.82) is 0 Å². The number of fused-ring (bicyclic) bond motifs is 1. The van der Waals surface area contributed by atoms with E-state index in [-0.39, 0.29) is 0 Å². The Morgan fingerprint density at radius 2 is 1.90 bits per heavy atom. The van der Waals surface area contributed by atoms with Crippen LogP contribution >= 0.6 is 11.3 Å². The van der Waals surface area contributed by atoms with E-state index in [4.69, 9.17) is 4.74 Å². The minimum absolute atomic E-state index is 0.691. The van der Waals surface area contributed by atoms with Gasteiger partial charge in [-0.1, -0.05) is 36.4 Å². The fourth-order valence-corrected chi connectivity index (χ4v) is 3.19. The molecule has 0 radical (unpaired) electrons. The van der Waals surface area contributed by atoms with E-state index in [1.54, 1.807) is 11.3 Å². The third-order valence-corrected chi connectivity index (χ3v) is 4.35. The van der Waals surface area contributed by atoms with Crippen molar-refractivity contribution in [3.8, 4) is 5.75 Å². The Hall–Kier alpha value is -1.84. The fourth-order valence-electron chi connectivity index (χ4n) is 2.51. The van der Waals surface area contributed by atoms with Crippen molar-refractivity contribution < 1.29 is 4.74 Å². The van der Waals surface area contributed by atoms with Crippen LogP contribution in [-0.2, 0) is 13.1 Å². The fraction of sp³-hybridized carbons (Fsp3) is 0.222. The van der Waals surface area contributed by atoms with Gasteiger partial charge in [0.1, 0.15) is 5.75 Å². The predicted molar refractivity (Wildman–Crippen MR) is 90.0 cm³/mol. The maximum Gasteiger partial charge on any atom is 0.124 e. The highest BCUT2D eigenvalue weighted by molar-refractivity contribution is 7.09. The van der Waals surface area contributed by atoms with Gasteiger partial charge in [-0.15, -0.1) is 11.3 Å². The number of hydrogen-bond donors (Lipinski definition) is 1. The lowest BCUT2D eigenvalue weighted by molar-refractivity contribution is 0.336. The molecule has 1 aromatic heterocycles. The lowest BCUT2D eigenvalue weighted by atomic mass is 10.0. The van der Waals surface area contributed by atoms with Crippen LogP contribution in [0.5, 0.6) is 5.75 Å². The average Bonchev–Trinajstić information content (AvgIpc) is 3.02. The van der Waals surface area contributed by atoms with Crippen LogP contribution < -0.4 is 10.1 Å². The minimum atomic E-state index is 0.691. The smallest absolute Gasteiger partial charge is 0.124 e. The third kappa shape index (κ3) is 3.26. The second-order valence-corrected chi connectivity index (χ2v) is 5.91. The first-order valence-corrected chi connectivity index (χ1v) is 8.13. The topological polar surface area (TPSA) is 21.3 Å². The lowest BCUT2D eigenvalue weighted by Gasteiger charge is -2.14. The molecular formula is C18H19NOS. The molecule has 0 aliphatic heterocycles. The Kier molecular flexibility index (Phi) is 4.53.